The molecule has 5 rings (SSSR count). The van der Waals surface area contributed by atoms with Crippen LogP contribution in [0.3, 0.4) is 0 Å². The molecule has 4 aromatic rings. The van der Waals surface area contributed by atoms with Crippen molar-refractivity contribution in [1.29, 1.82) is 0 Å². The molecule has 1 atom stereocenters. The summed E-state index contributed by atoms with van der Waals surface area (Å²) in [6.07, 6.45) is -0.185. The Bertz CT molecular complexity index is 1410. The molecule has 0 saturated heterocycles. The molecule has 34 heavy (non-hydrogen) atoms. The van der Waals surface area contributed by atoms with Gasteiger partial charge in [0.1, 0.15) is 11.5 Å². The van der Waals surface area contributed by atoms with E-state index in [4.69, 9.17) is 25.8 Å². The van der Waals surface area contributed by atoms with E-state index >= 15 is 0 Å². The van der Waals surface area contributed by atoms with Crippen molar-refractivity contribution in [2.75, 3.05) is 13.2 Å². The number of nitrogens with zero attached hydrogens (tertiary/aromatic N) is 1. The third kappa shape index (κ3) is 4.17. The molecule has 0 spiro atoms. The molecule has 1 aliphatic heterocycles. The molecule has 0 bridgehead atoms. The molecule has 3 heterocycles. The van der Waals surface area contributed by atoms with E-state index < -0.39 is 5.97 Å². The van der Waals surface area contributed by atoms with E-state index in [1.165, 1.54) is 11.3 Å². The van der Waals surface area contributed by atoms with Crippen LogP contribution >= 0.6 is 22.9 Å². The minimum atomic E-state index is -0.597. The van der Waals surface area contributed by atoms with Gasteiger partial charge in [-0.1, -0.05) is 41.9 Å². The van der Waals surface area contributed by atoms with Crippen LogP contribution in [-0.2, 0) is 11.3 Å². The molecule has 8 heteroatoms. The Labute approximate surface area is 205 Å². The van der Waals surface area contributed by atoms with Crippen LogP contribution in [0.25, 0.3) is 10.1 Å². The topological polar surface area (TPSA) is 66.8 Å². The maximum absolute atomic E-state index is 12.9. The van der Waals surface area contributed by atoms with Crippen LogP contribution in [0, 0.1) is 13.8 Å². The average Bonchev–Trinajstić information content (AvgIpc) is 3.34. The normalized spacial score (nSPS) is 14.9. The summed E-state index contributed by atoms with van der Waals surface area (Å²) >= 11 is 7.61. The van der Waals surface area contributed by atoms with Crippen molar-refractivity contribution in [2.45, 2.75) is 26.5 Å². The fraction of sp³-hybridized carbons (Fsp3) is 0.231. The highest BCUT2D eigenvalue weighted by Crippen LogP contribution is 2.35. The first-order chi connectivity index (χ1) is 16.4. The first-order valence-corrected chi connectivity index (χ1v) is 12.0. The van der Waals surface area contributed by atoms with Gasteiger partial charge >= 0.3 is 5.97 Å². The molecule has 6 nitrogen and oxygen atoms in total. The van der Waals surface area contributed by atoms with Crippen molar-refractivity contribution < 1.29 is 23.8 Å². The van der Waals surface area contributed by atoms with Crippen molar-refractivity contribution in [3.8, 4) is 11.5 Å². The van der Waals surface area contributed by atoms with Crippen LogP contribution in [0.2, 0.25) is 5.02 Å². The zero-order valence-electron chi connectivity index (χ0n) is 18.7. The lowest BCUT2D eigenvalue weighted by Gasteiger charge is -2.27. The second-order valence-electron chi connectivity index (χ2n) is 8.13. The third-order valence-electron chi connectivity index (χ3n) is 5.88. The highest BCUT2D eigenvalue weighted by Gasteiger charge is 2.25. The van der Waals surface area contributed by atoms with Gasteiger partial charge in [-0.3, -0.25) is 4.79 Å². The van der Waals surface area contributed by atoms with Crippen molar-refractivity contribution in [3.05, 3.63) is 81.4 Å². The zero-order valence-corrected chi connectivity index (χ0v) is 20.2. The molecule has 1 aliphatic rings. The number of ether oxygens (including phenoxy) is 3. The van der Waals surface area contributed by atoms with Gasteiger partial charge in [0.25, 0.3) is 0 Å². The summed E-state index contributed by atoms with van der Waals surface area (Å²) in [4.78, 5) is 25.8. The number of halogens is 1. The lowest BCUT2D eigenvalue weighted by molar-refractivity contribution is 0.0479. The van der Waals surface area contributed by atoms with Crippen molar-refractivity contribution in [3.63, 3.8) is 0 Å². The van der Waals surface area contributed by atoms with Crippen molar-refractivity contribution >= 4 is 44.8 Å². The van der Waals surface area contributed by atoms with E-state index in [0.717, 1.165) is 27.2 Å². The van der Waals surface area contributed by atoms with Crippen LogP contribution in [0.1, 0.15) is 31.4 Å². The molecule has 1 unspecified atom stereocenters. The number of aromatic nitrogens is 1. The number of hydrogen-bond acceptors (Lipinski definition) is 6. The highest BCUT2D eigenvalue weighted by atomic mass is 35.5. The second-order valence-corrected chi connectivity index (χ2v) is 9.56. The molecule has 0 saturated carbocycles. The monoisotopic (exact) mass is 495 g/mol. The van der Waals surface area contributed by atoms with E-state index in [-0.39, 0.29) is 18.5 Å². The number of rotatable bonds is 6. The van der Waals surface area contributed by atoms with Gasteiger partial charge in [-0.05, 0) is 38.1 Å². The van der Waals surface area contributed by atoms with Crippen LogP contribution in [-0.4, -0.2) is 35.6 Å². The van der Waals surface area contributed by atoms with Crippen LogP contribution < -0.4 is 9.47 Å². The lowest BCUT2D eigenvalue weighted by Crippen LogP contribution is -2.33. The van der Waals surface area contributed by atoms with Gasteiger partial charge in [0.15, 0.2) is 24.2 Å². The fourth-order valence-electron chi connectivity index (χ4n) is 4.14. The van der Waals surface area contributed by atoms with Gasteiger partial charge in [-0.15, -0.1) is 11.3 Å². The fourth-order valence-corrected chi connectivity index (χ4v) is 5.54. The number of esters is 1. The summed E-state index contributed by atoms with van der Waals surface area (Å²) in [6.45, 7) is 4.42. The summed E-state index contributed by atoms with van der Waals surface area (Å²) in [5.41, 5.74) is 2.23. The van der Waals surface area contributed by atoms with E-state index in [1.54, 1.807) is 0 Å². The number of Topliss-reactive ketones (excluding diaryl/α,β-unsaturated/α-hetero) is 1. The molecule has 0 aliphatic carbocycles. The average molecular weight is 496 g/mol. The zero-order chi connectivity index (χ0) is 23.8. The van der Waals surface area contributed by atoms with Gasteiger partial charge in [0.2, 0.25) is 5.78 Å². The molecule has 2 aromatic carbocycles. The molecular weight excluding hydrogens is 474 g/mol. The van der Waals surface area contributed by atoms with Crippen molar-refractivity contribution in [2.24, 2.45) is 0 Å². The largest absolute Gasteiger partial charge is 0.486 e. The maximum atomic E-state index is 12.9. The van der Waals surface area contributed by atoms with Crippen LogP contribution in [0.15, 0.2) is 54.6 Å². The van der Waals surface area contributed by atoms with Gasteiger partial charge < -0.3 is 18.8 Å². The van der Waals surface area contributed by atoms with Crippen molar-refractivity contribution in [1.82, 2.24) is 4.57 Å². The van der Waals surface area contributed by atoms with E-state index in [9.17, 15) is 9.59 Å². The Morgan fingerprint density at radius 3 is 2.65 bits per heavy atom. The quantitative estimate of drug-likeness (QED) is 0.248. The number of carbonyl (C=O) groups is 2. The molecule has 0 N–H and O–H groups in total. The number of ketones is 1. The SMILES string of the molecule is Cc1cc(C(=O)COC(=O)c2sc3ccccc3c2Cl)c(C)n1CC1COc2ccccc2O1. The van der Waals surface area contributed by atoms with Gasteiger partial charge in [0, 0.05) is 27.0 Å². The van der Waals surface area contributed by atoms with Gasteiger partial charge in [-0.2, -0.15) is 0 Å². The Balaban J connectivity index is 1.26. The molecule has 0 amide bonds. The summed E-state index contributed by atoms with van der Waals surface area (Å²) < 4.78 is 20.1. The van der Waals surface area contributed by atoms with Gasteiger partial charge in [-0.25, -0.2) is 4.79 Å². The summed E-state index contributed by atoms with van der Waals surface area (Å²) in [5, 5.41) is 1.15. The Morgan fingerprint density at radius 2 is 1.85 bits per heavy atom. The molecule has 0 fully saturated rings. The number of benzene rings is 2. The number of hydrogen-bond donors (Lipinski definition) is 0. The maximum Gasteiger partial charge on any atom is 0.350 e. The van der Waals surface area contributed by atoms with Crippen LogP contribution in [0.4, 0.5) is 0 Å². The highest BCUT2D eigenvalue weighted by molar-refractivity contribution is 7.21. The second kappa shape index (κ2) is 9.16. The molecule has 174 valence electrons. The summed E-state index contributed by atoms with van der Waals surface area (Å²) in [7, 11) is 0. The molecule has 2 aromatic heterocycles. The summed E-state index contributed by atoms with van der Waals surface area (Å²) in [5.74, 6) is 0.580. The Hall–Kier alpha value is -3.29. The first kappa shape index (κ1) is 22.5. The molecule has 0 radical (unpaired) electrons. The lowest BCUT2D eigenvalue weighted by atomic mass is 10.1. The number of thiophene rings is 1. The minimum Gasteiger partial charge on any atom is -0.486 e. The first-order valence-electron chi connectivity index (χ1n) is 10.8. The third-order valence-corrected chi connectivity index (χ3v) is 7.54. The molecular formula is C26H22ClNO5S. The van der Waals surface area contributed by atoms with E-state index in [0.29, 0.717) is 34.4 Å². The summed E-state index contributed by atoms with van der Waals surface area (Å²) in [6, 6.07) is 16.9. The van der Waals surface area contributed by atoms with Gasteiger partial charge in [0.05, 0.1) is 11.6 Å². The number of fused-ring (bicyclic) bond motifs is 2. The number of para-hydroxylation sites is 2. The predicted octanol–water partition coefficient (Wildman–Crippen LogP) is 5.85. The number of carbonyl (C=O) groups excluding carboxylic acids is 2. The predicted molar refractivity (Wildman–Crippen MR) is 132 cm³/mol. The van der Waals surface area contributed by atoms with E-state index in [1.807, 2.05) is 73.0 Å². The minimum absolute atomic E-state index is 0.185. The van der Waals surface area contributed by atoms with Crippen LogP contribution in [0.5, 0.6) is 11.5 Å². The number of aryl methyl sites for hydroxylation is 1. The smallest absolute Gasteiger partial charge is 0.350 e. The standard InChI is InChI=1S/C26H22ClNO5S/c1-15-11-19(16(2)28(15)12-17-13-31-21-8-4-5-9-22(21)33-17)20(29)14-32-26(30)25-24(27)18-7-3-6-10-23(18)34-25/h3-11,17H,12-14H2,1-2H3. The van der Waals surface area contributed by atoms with E-state index in [2.05, 4.69) is 0 Å². The Kier molecular flexibility index (Phi) is 6.06. The Morgan fingerprint density at radius 1 is 1.12 bits per heavy atom.